The summed E-state index contributed by atoms with van der Waals surface area (Å²) in [6, 6.07) is 0.868. The predicted molar refractivity (Wildman–Crippen MR) is 65.0 cm³/mol. The van der Waals surface area contributed by atoms with Crippen molar-refractivity contribution in [2.75, 3.05) is 33.5 Å². The molecule has 0 spiro atoms. The van der Waals surface area contributed by atoms with Gasteiger partial charge in [-0.2, -0.15) is 0 Å². The second kappa shape index (κ2) is 5.94. The lowest BCUT2D eigenvalue weighted by Crippen LogP contribution is -2.55. The second-order valence-corrected chi connectivity index (χ2v) is 5.09. The van der Waals surface area contributed by atoms with Crippen molar-refractivity contribution >= 4 is 5.78 Å². The van der Waals surface area contributed by atoms with Crippen molar-refractivity contribution < 1.29 is 14.3 Å². The van der Waals surface area contributed by atoms with Gasteiger partial charge in [0.2, 0.25) is 0 Å². The Morgan fingerprint density at radius 3 is 2.59 bits per heavy atom. The van der Waals surface area contributed by atoms with Crippen LogP contribution in [-0.4, -0.2) is 56.2 Å². The Labute approximate surface area is 103 Å². The fourth-order valence-electron chi connectivity index (χ4n) is 2.88. The molecule has 2 aliphatic heterocycles. The zero-order valence-electron chi connectivity index (χ0n) is 10.9. The largest absolute Gasteiger partial charge is 0.381 e. The average molecular weight is 241 g/mol. The lowest BCUT2D eigenvalue weighted by Gasteiger charge is -2.46. The number of ketones is 1. The molecule has 2 unspecified atom stereocenters. The number of carbonyl (C=O) groups is 1. The Morgan fingerprint density at radius 2 is 2.00 bits per heavy atom. The average Bonchev–Trinajstić information content (AvgIpc) is 2.28. The van der Waals surface area contributed by atoms with Crippen LogP contribution in [0.1, 0.15) is 26.2 Å². The van der Waals surface area contributed by atoms with Gasteiger partial charge >= 0.3 is 0 Å². The third-order valence-corrected chi connectivity index (χ3v) is 4.04. The molecule has 0 amide bonds. The van der Waals surface area contributed by atoms with Crippen LogP contribution in [0, 0.1) is 5.92 Å². The fraction of sp³-hybridized carbons (Fsp3) is 0.923. The van der Waals surface area contributed by atoms with Gasteiger partial charge in [-0.15, -0.1) is 0 Å². The molecule has 2 rings (SSSR count). The van der Waals surface area contributed by atoms with E-state index < -0.39 is 0 Å². The van der Waals surface area contributed by atoms with Crippen molar-refractivity contribution in [2.24, 2.45) is 5.92 Å². The molecule has 0 saturated carbocycles. The molecule has 2 fully saturated rings. The van der Waals surface area contributed by atoms with Crippen molar-refractivity contribution in [3.05, 3.63) is 0 Å². The Morgan fingerprint density at radius 1 is 1.35 bits per heavy atom. The van der Waals surface area contributed by atoms with E-state index in [9.17, 15) is 4.79 Å². The molecule has 2 bridgehead atoms. The number of hydrogen-bond acceptors (Lipinski definition) is 4. The SMILES string of the molecule is CCOCCC(=O)C1CC2COCC(C1)N2C. The van der Waals surface area contributed by atoms with Crippen LogP contribution in [0.15, 0.2) is 0 Å². The van der Waals surface area contributed by atoms with E-state index in [0.717, 1.165) is 26.1 Å². The Balaban J connectivity index is 1.84. The molecular formula is C13H23NO3. The minimum Gasteiger partial charge on any atom is -0.381 e. The molecular weight excluding hydrogens is 218 g/mol. The summed E-state index contributed by atoms with van der Waals surface area (Å²) >= 11 is 0. The predicted octanol–water partition coefficient (Wildman–Crippen LogP) is 1.09. The van der Waals surface area contributed by atoms with Crippen LogP contribution >= 0.6 is 0 Å². The topological polar surface area (TPSA) is 38.8 Å². The number of morpholine rings is 1. The highest BCUT2D eigenvalue weighted by atomic mass is 16.5. The summed E-state index contributed by atoms with van der Waals surface area (Å²) in [6.07, 6.45) is 2.48. The van der Waals surface area contributed by atoms with Crippen molar-refractivity contribution in [1.82, 2.24) is 4.90 Å². The number of fused-ring (bicyclic) bond motifs is 2. The smallest absolute Gasteiger partial charge is 0.138 e. The maximum Gasteiger partial charge on any atom is 0.138 e. The van der Waals surface area contributed by atoms with Crippen LogP contribution in [0.4, 0.5) is 0 Å². The zero-order chi connectivity index (χ0) is 12.3. The number of likely N-dealkylation sites (N-methyl/N-ethyl adjacent to an activating group) is 1. The minimum absolute atomic E-state index is 0.227. The first-order valence-electron chi connectivity index (χ1n) is 6.62. The molecule has 2 aliphatic rings. The number of carbonyl (C=O) groups excluding carboxylic acids is 1. The molecule has 2 saturated heterocycles. The standard InChI is InChI=1S/C13H23NO3/c1-3-16-5-4-13(15)10-6-11-8-17-9-12(7-10)14(11)2/h10-12H,3-9H2,1-2H3. The molecule has 98 valence electrons. The van der Waals surface area contributed by atoms with E-state index in [0.29, 0.717) is 37.5 Å². The first-order valence-corrected chi connectivity index (χ1v) is 6.62. The molecule has 17 heavy (non-hydrogen) atoms. The monoisotopic (exact) mass is 241 g/mol. The molecule has 4 heteroatoms. The van der Waals surface area contributed by atoms with Gasteiger partial charge in [-0.25, -0.2) is 0 Å². The lowest BCUT2D eigenvalue weighted by atomic mass is 9.82. The van der Waals surface area contributed by atoms with Gasteiger partial charge in [0.25, 0.3) is 0 Å². The van der Waals surface area contributed by atoms with Crippen molar-refractivity contribution in [1.29, 1.82) is 0 Å². The quantitative estimate of drug-likeness (QED) is 0.675. The van der Waals surface area contributed by atoms with Gasteiger partial charge in [0.1, 0.15) is 5.78 Å². The lowest BCUT2D eigenvalue weighted by molar-refractivity contribution is -0.132. The van der Waals surface area contributed by atoms with Gasteiger partial charge in [-0.1, -0.05) is 0 Å². The molecule has 0 aromatic heterocycles. The molecule has 0 aliphatic carbocycles. The zero-order valence-corrected chi connectivity index (χ0v) is 10.9. The first-order chi connectivity index (χ1) is 8.22. The molecule has 0 N–H and O–H groups in total. The molecule has 2 atom stereocenters. The van der Waals surface area contributed by atoms with Crippen LogP contribution in [0.2, 0.25) is 0 Å². The summed E-state index contributed by atoms with van der Waals surface area (Å²) in [5.41, 5.74) is 0. The van der Waals surface area contributed by atoms with Crippen LogP contribution in [0.3, 0.4) is 0 Å². The normalized spacial score (nSPS) is 33.6. The fourth-order valence-corrected chi connectivity index (χ4v) is 2.88. The third-order valence-electron chi connectivity index (χ3n) is 4.04. The molecule has 0 radical (unpaired) electrons. The van der Waals surface area contributed by atoms with Crippen LogP contribution in [0.25, 0.3) is 0 Å². The van der Waals surface area contributed by atoms with E-state index in [1.807, 2.05) is 6.92 Å². The van der Waals surface area contributed by atoms with E-state index in [1.54, 1.807) is 0 Å². The number of ether oxygens (including phenoxy) is 2. The summed E-state index contributed by atoms with van der Waals surface area (Å²) in [7, 11) is 2.15. The number of nitrogens with zero attached hydrogens (tertiary/aromatic N) is 1. The first kappa shape index (κ1) is 13.0. The summed E-state index contributed by atoms with van der Waals surface area (Å²) < 4.78 is 10.8. The van der Waals surface area contributed by atoms with E-state index >= 15 is 0 Å². The highest BCUT2D eigenvalue weighted by Crippen LogP contribution is 2.31. The Kier molecular flexibility index (Phi) is 4.54. The third kappa shape index (κ3) is 3.06. The van der Waals surface area contributed by atoms with Gasteiger partial charge in [-0.3, -0.25) is 9.69 Å². The Bertz CT molecular complexity index is 255. The van der Waals surface area contributed by atoms with Gasteiger partial charge in [0.05, 0.1) is 19.8 Å². The van der Waals surface area contributed by atoms with E-state index in [2.05, 4.69) is 11.9 Å². The maximum absolute atomic E-state index is 12.1. The van der Waals surface area contributed by atoms with Crippen molar-refractivity contribution in [2.45, 2.75) is 38.3 Å². The molecule has 4 nitrogen and oxygen atoms in total. The van der Waals surface area contributed by atoms with Crippen LogP contribution < -0.4 is 0 Å². The van der Waals surface area contributed by atoms with Gasteiger partial charge in [0.15, 0.2) is 0 Å². The summed E-state index contributed by atoms with van der Waals surface area (Å²) in [5.74, 6) is 0.606. The molecule has 0 aromatic rings. The summed E-state index contributed by atoms with van der Waals surface area (Å²) in [4.78, 5) is 14.5. The summed E-state index contributed by atoms with van der Waals surface area (Å²) in [6.45, 7) is 4.79. The van der Waals surface area contributed by atoms with Crippen molar-refractivity contribution in [3.8, 4) is 0 Å². The molecule has 0 aromatic carbocycles. The van der Waals surface area contributed by atoms with Gasteiger partial charge in [-0.05, 0) is 26.8 Å². The van der Waals surface area contributed by atoms with E-state index in [1.165, 1.54) is 0 Å². The molecule has 2 heterocycles. The van der Waals surface area contributed by atoms with E-state index in [-0.39, 0.29) is 5.92 Å². The maximum atomic E-state index is 12.1. The minimum atomic E-state index is 0.227. The van der Waals surface area contributed by atoms with Crippen LogP contribution in [-0.2, 0) is 14.3 Å². The number of Topliss-reactive ketones (excluding diaryl/α,β-unsaturated/α-hetero) is 1. The summed E-state index contributed by atoms with van der Waals surface area (Å²) in [5, 5.41) is 0. The van der Waals surface area contributed by atoms with Gasteiger partial charge in [0, 0.05) is 31.0 Å². The number of piperidine rings is 1. The van der Waals surface area contributed by atoms with Crippen LogP contribution in [0.5, 0.6) is 0 Å². The van der Waals surface area contributed by atoms with Crippen molar-refractivity contribution in [3.63, 3.8) is 0 Å². The van der Waals surface area contributed by atoms with Gasteiger partial charge < -0.3 is 9.47 Å². The van der Waals surface area contributed by atoms with E-state index in [4.69, 9.17) is 9.47 Å². The Hall–Kier alpha value is -0.450. The number of hydrogen-bond donors (Lipinski definition) is 0. The highest BCUT2D eigenvalue weighted by molar-refractivity contribution is 5.81. The number of rotatable bonds is 5. The second-order valence-electron chi connectivity index (χ2n) is 5.09. The highest BCUT2D eigenvalue weighted by Gasteiger charge is 2.38.